The van der Waals surface area contributed by atoms with Crippen molar-refractivity contribution in [2.24, 2.45) is 11.1 Å². The summed E-state index contributed by atoms with van der Waals surface area (Å²) in [4.78, 5) is 13.2. The first kappa shape index (κ1) is 18.5. The van der Waals surface area contributed by atoms with Crippen LogP contribution < -0.4 is 5.73 Å². The van der Waals surface area contributed by atoms with Crippen LogP contribution >= 0.6 is 12.4 Å². The average molecular weight is 301 g/mol. The van der Waals surface area contributed by atoms with Gasteiger partial charge in [-0.15, -0.1) is 12.4 Å². The number of ether oxygens (including phenoxy) is 1. The second-order valence-corrected chi connectivity index (χ2v) is 5.42. The van der Waals surface area contributed by atoms with Crippen molar-refractivity contribution in [3.05, 3.63) is 0 Å². The van der Waals surface area contributed by atoms with E-state index >= 15 is 0 Å². The third kappa shape index (κ3) is 3.17. The Morgan fingerprint density at radius 3 is 2.42 bits per heavy atom. The lowest BCUT2D eigenvalue weighted by molar-refractivity contribution is -0.179. The van der Waals surface area contributed by atoms with Gasteiger partial charge in [-0.25, -0.2) is 8.78 Å². The van der Waals surface area contributed by atoms with Gasteiger partial charge in [0.25, 0.3) is 6.43 Å². The summed E-state index contributed by atoms with van der Waals surface area (Å²) in [7, 11) is 1.35. The van der Waals surface area contributed by atoms with Crippen LogP contribution in [0.1, 0.15) is 27.2 Å². The van der Waals surface area contributed by atoms with E-state index in [1.807, 2.05) is 20.8 Å². The first-order valence-corrected chi connectivity index (χ1v) is 6.11. The van der Waals surface area contributed by atoms with Gasteiger partial charge in [0.15, 0.2) is 0 Å². The summed E-state index contributed by atoms with van der Waals surface area (Å²) in [5, 5.41) is 0. The normalized spacial score (nSPS) is 28.5. The topological polar surface area (TPSA) is 55.6 Å². The van der Waals surface area contributed by atoms with E-state index in [0.29, 0.717) is 13.0 Å². The molecule has 0 aromatic heterocycles. The number of carbonyl (C=O) groups is 1. The fraction of sp³-hybridized carbons (Fsp3) is 0.917. The Morgan fingerprint density at radius 2 is 2.05 bits per heavy atom. The molecular weight excluding hydrogens is 278 g/mol. The number of likely N-dealkylation sites (N-methyl/N-ethyl adjacent to an activating group) is 1. The van der Waals surface area contributed by atoms with E-state index in [1.165, 1.54) is 7.05 Å². The second-order valence-electron chi connectivity index (χ2n) is 5.42. The zero-order valence-electron chi connectivity index (χ0n) is 11.8. The summed E-state index contributed by atoms with van der Waals surface area (Å²) in [6, 6.07) is 0. The predicted octanol–water partition coefficient (Wildman–Crippen LogP) is 1.66. The van der Waals surface area contributed by atoms with Gasteiger partial charge in [0, 0.05) is 25.5 Å². The van der Waals surface area contributed by atoms with Gasteiger partial charge in [0.05, 0.1) is 12.6 Å². The molecule has 1 rings (SSSR count). The minimum atomic E-state index is -2.55. The number of amides is 1. The van der Waals surface area contributed by atoms with Gasteiger partial charge in [-0.05, 0) is 6.92 Å². The third-order valence-corrected chi connectivity index (χ3v) is 3.97. The summed E-state index contributed by atoms with van der Waals surface area (Å²) >= 11 is 0. The molecule has 114 valence electrons. The maximum Gasteiger partial charge on any atom is 0.255 e. The smallest absolute Gasteiger partial charge is 0.255 e. The van der Waals surface area contributed by atoms with Crippen LogP contribution in [-0.2, 0) is 9.53 Å². The van der Waals surface area contributed by atoms with E-state index in [4.69, 9.17) is 10.5 Å². The summed E-state index contributed by atoms with van der Waals surface area (Å²) < 4.78 is 30.1. The van der Waals surface area contributed by atoms with E-state index in [2.05, 4.69) is 0 Å². The molecule has 0 heterocycles. The van der Waals surface area contributed by atoms with Crippen LogP contribution in [0.4, 0.5) is 8.78 Å². The van der Waals surface area contributed by atoms with Crippen molar-refractivity contribution in [3.8, 4) is 0 Å². The SMILES string of the molecule is CCOC1CC(N)(C(=O)N(C)CC(F)F)C1(C)C.Cl. The molecule has 2 N–H and O–H groups in total. The maximum absolute atomic E-state index is 12.3. The Labute approximate surface area is 119 Å². The third-order valence-electron chi connectivity index (χ3n) is 3.97. The Kier molecular flexibility index (Phi) is 6.17. The number of carbonyl (C=O) groups excluding carboxylic acids is 1. The summed E-state index contributed by atoms with van der Waals surface area (Å²) in [5.41, 5.74) is 4.45. The average Bonchev–Trinajstić information content (AvgIpc) is 2.26. The van der Waals surface area contributed by atoms with Crippen LogP contribution in [0.3, 0.4) is 0 Å². The lowest BCUT2D eigenvalue weighted by Crippen LogP contribution is -2.75. The predicted molar refractivity (Wildman–Crippen MR) is 71.6 cm³/mol. The van der Waals surface area contributed by atoms with Crippen molar-refractivity contribution in [2.75, 3.05) is 20.2 Å². The molecule has 0 spiro atoms. The molecule has 19 heavy (non-hydrogen) atoms. The van der Waals surface area contributed by atoms with Crippen LogP contribution in [0, 0.1) is 5.41 Å². The maximum atomic E-state index is 12.3. The highest BCUT2D eigenvalue weighted by atomic mass is 35.5. The van der Waals surface area contributed by atoms with Crippen molar-refractivity contribution < 1.29 is 18.3 Å². The Hall–Kier alpha value is -0.460. The molecule has 4 nitrogen and oxygen atoms in total. The molecule has 0 aromatic rings. The Bertz CT molecular complexity index is 329. The lowest BCUT2D eigenvalue weighted by Gasteiger charge is -2.58. The van der Waals surface area contributed by atoms with Gasteiger partial charge in [0.1, 0.15) is 5.54 Å². The van der Waals surface area contributed by atoms with Crippen LogP contribution in [0.5, 0.6) is 0 Å². The summed E-state index contributed by atoms with van der Waals surface area (Å²) in [5.74, 6) is -0.441. The minimum Gasteiger partial charge on any atom is -0.378 e. The number of rotatable bonds is 5. The van der Waals surface area contributed by atoms with Gasteiger partial charge < -0.3 is 15.4 Å². The first-order chi connectivity index (χ1) is 8.16. The molecule has 1 amide bonds. The molecule has 1 aliphatic rings. The van der Waals surface area contributed by atoms with Gasteiger partial charge >= 0.3 is 0 Å². The van der Waals surface area contributed by atoms with Crippen molar-refractivity contribution in [1.29, 1.82) is 0 Å². The molecule has 2 unspecified atom stereocenters. The van der Waals surface area contributed by atoms with Gasteiger partial charge in [0.2, 0.25) is 5.91 Å². The fourth-order valence-electron chi connectivity index (χ4n) is 2.43. The van der Waals surface area contributed by atoms with Gasteiger partial charge in [-0.1, -0.05) is 13.8 Å². The highest BCUT2D eigenvalue weighted by Crippen LogP contribution is 2.50. The van der Waals surface area contributed by atoms with Crippen LogP contribution in [-0.4, -0.2) is 49.1 Å². The van der Waals surface area contributed by atoms with Crippen molar-refractivity contribution >= 4 is 18.3 Å². The van der Waals surface area contributed by atoms with Crippen molar-refractivity contribution in [3.63, 3.8) is 0 Å². The number of hydrogen-bond acceptors (Lipinski definition) is 3. The highest BCUT2D eigenvalue weighted by Gasteiger charge is 2.63. The van der Waals surface area contributed by atoms with Gasteiger partial charge in [-0.3, -0.25) is 4.79 Å². The Morgan fingerprint density at radius 1 is 1.53 bits per heavy atom. The van der Waals surface area contributed by atoms with E-state index in [0.717, 1.165) is 4.90 Å². The highest BCUT2D eigenvalue weighted by molar-refractivity contribution is 5.88. The van der Waals surface area contributed by atoms with E-state index < -0.39 is 29.8 Å². The molecule has 1 saturated carbocycles. The number of alkyl halides is 2. The molecule has 2 atom stereocenters. The van der Waals surface area contributed by atoms with Gasteiger partial charge in [-0.2, -0.15) is 0 Å². The van der Waals surface area contributed by atoms with Crippen LogP contribution in [0.2, 0.25) is 0 Å². The zero-order valence-corrected chi connectivity index (χ0v) is 12.6. The lowest BCUT2D eigenvalue weighted by atomic mass is 9.54. The molecule has 7 heteroatoms. The van der Waals surface area contributed by atoms with Crippen molar-refractivity contribution in [1.82, 2.24) is 4.90 Å². The largest absolute Gasteiger partial charge is 0.378 e. The van der Waals surface area contributed by atoms with E-state index in [1.54, 1.807) is 0 Å². The number of nitrogens with two attached hydrogens (primary N) is 1. The van der Waals surface area contributed by atoms with E-state index in [-0.39, 0.29) is 18.5 Å². The molecular formula is C12H23ClF2N2O2. The molecule has 0 aliphatic heterocycles. The van der Waals surface area contributed by atoms with Crippen molar-refractivity contribution in [2.45, 2.75) is 45.3 Å². The fourth-order valence-corrected chi connectivity index (χ4v) is 2.43. The molecule has 0 aromatic carbocycles. The second kappa shape index (κ2) is 6.33. The minimum absolute atomic E-state index is 0. The number of nitrogens with zero attached hydrogens (tertiary/aromatic N) is 1. The summed E-state index contributed by atoms with van der Waals surface area (Å²) in [6.45, 7) is 5.51. The van der Waals surface area contributed by atoms with Crippen LogP contribution in [0.15, 0.2) is 0 Å². The summed E-state index contributed by atoms with van der Waals surface area (Å²) in [6.07, 6.45) is -2.27. The molecule has 1 fully saturated rings. The standard InChI is InChI=1S/C12H22F2N2O2.ClH/c1-5-18-8-6-12(15,11(8,2)3)10(17)16(4)7-9(13)14;/h8-9H,5-7,15H2,1-4H3;1H. The first-order valence-electron chi connectivity index (χ1n) is 6.11. The molecule has 0 bridgehead atoms. The molecule has 0 saturated heterocycles. The van der Waals surface area contributed by atoms with E-state index in [9.17, 15) is 13.6 Å². The number of hydrogen-bond donors (Lipinski definition) is 1. The Balaban J connectivity index is 0.00000324. The zero-order chi connectivity index (χ0) is 14.1. The molecule has 0 radical (unpaired) electrons. The monoisotopic (exact) mass is 300 g/mol. The molecule has 1 aliphatic carbocycles. The van der Waals surface area contributed by atoms with Crippen LogP contribution in [0.25, 0.3) is 0 Å². The number of halogens is 3. The quantitative estimate of drug-likeness (QED) is 0.840.